The predicted molar refractivity (Wildman–Crippen MR) is 79.2 cm³/mol. The molecule has 0 heterocycles. The third-order valence-electron chi connectivity index (χ3n) is 3.63. The van der Waals surface area contributed by atoms with Crippen LogP contribution in [0, 0.1) is 0 Å². The lowest BCUT2D eigenvalue weighted by atomic mass is 9.88. The largest absolute Gasteiger partial charge is 0.386 e. The molecule has 2 unspecified atom stereocenters. The lowest BCUT2D eigenvalue weighted by Gasteiger charge is -2.17. The molecule has 2 heteroatoms. The fourth-order valence-electron chi connectivity index (χ4n) is 2.37. The number of rotatable bonds is 9. The number of aliphatic hydroxyl groups is 1. The van der Waals surface area contributed by atoms with Gasteiger partial charge in [-0.2, -0.15) is 0 Å². The standard InChI is InChI=1S/C17H26O2/c1-3-4-6-9-16(12-13-17(19)14(2)18)15-10-7-5-8-11-15/h5,7-8,10-11,14,16,18H,3-4,6,9,12-13H2,1-2H3. The molecule has 1 rings (SSSR count). The van der Waals surface area contributed by atoms with Gasteiger partial charge in [0, 0.05) is 6.42 Å². The third kappa shape index (κ3) is 6.02. The molecule has 0 aromatic heterocycles. The lowest BCUT2D eigenvalue weighted by Crippen LogP contribution is -2.16. The molecule has 0 aliphatic carbocycles. The van der Waals surface area contributed by atoms with Crippen LogP contribution in [0.25, 0.3) is 0 Å². The summed E-state index contributed by atoms with van der Waals surface area (Å²) in [5.41, 5.74) is 1.32. The van der Waals surface area contributed by atoms with E-state index in [9.17, 15) is 9.90 Å². The summed E-state index contributed by atoms with van der Waals surface area (Å²) in [5.74, 6) is 0.395. The Hall–Kier alpha value is -1.15. The number of hydrogen-bond donors (Lipinski definition) is 1. The predicted octanol–water partition coefficient (Wildman–Crippen LogP) is 4.08. The van der Waals surface area contributed by atoms with Crippen LogP contribution in [0.4, 0.5) is 0 Å². The highest BCUT2D eigenvalue weighted by Gasteiger charge is 2.15. The Bertz CT molecular complexity index is 357. The average Bonchev–Trinajstić information content (AvgIpc) is 2.43. The molecule has 0 amide bonds. The summed E-state index contributed by atoms with van der Waals surface area (Å²) in [6, 6.07) is 10.4. The fraction of sp³-hybridized carbons (Fsp3) is 0.588. The van der Waals surface area contributed by atoms with Gasteiger partial charge >= 0.3 is 0 Å². The Morgan fingerprint density at radius 3 is 2.42 bits per heavy atom. The van der Waals surface area contributed by atoms with Crippen LogP contribution < -0.4 is 0 Å². The fourth-order valence-corrected chi connectivity index (χ4v) is 2.37. The van der Waals surface area contributed by atoms with Gasteiger partial charge in [-0.05, 0) is 31.2 Å². The number of benzene rings is 1. The highest BCUT2D eigenvalue weighted by atomic mass is 16.3. The summed E-state index contributed by atoms with van der Waals surface area (Å²) in [7, 11) is 0. The number of Topliss-reactive ketones (excluding diaryl/α,β-unsaturated/α-hetero) is 1. The van der Waals surface area contributed by atoms with Crippen molar-refractivity contribution in [1.29, 1.82) is 0 Å². The molecule has 106 valence electrons. The van der Waals surface area contributed by atoms with Crippen molar-refractivity contribution in [3.05, 3.63) is 35.9 Å². The molecule has 0 radical (unpaired) electrons. The number of ketones is 1. The summed E-state index contributed by atoms with van der Waals surface area (Å²) >= 11 is 0. The minimum atomic E-state index is -0.827. The molecule has 0 aliphatic heterocycles. The second kappa shape index (κ2) is 8.87. The zero-order chi connectivity index (χ0) is 14.1. The normalized spacial score (nSPS) is 14.1. The first kappa shape index (κ1) is 15.9. The summed E-state index contributed by atoms with van der Waals surface area (Å²) in [6.45, 7) is 3.76. The Labute approximate surface area is 116 Å². The zero-order valence-electron chi connectivity index (χ0n) is 12.1. The van der Waals surface area contributed by atoms with Crippen molar-refractivity contribution >= 4 is 5.78 Å². The molecule has 1 aromatic carbocycles. The minimum absolute atomic E-state index is 0.0450. The van der Waals surface area contributed by atoms with Crippen LogP contribution in [0.15, 0.2) is 30.3 Å². The zero-order valence-corrected chi connectivity index (χ0v) is 12.1. The molecule has 0 saturated carbocycles. The quantitative estimate of drug-likeness (QED) is 0.681. The van der Waals surface area contributed by atoms with E-state index in [4.69, 9.17) is 0 Å². The highest BCUT2D eigenvalue weighted by Crippen LogP contribution is 2.27. The van der Waals surface area contributed by atoms with E-state index in [1.807, 2.05) is 6.07 Å². The van der Waals surface area contributed by atoms with Crippen molar-refractivity contribution in [2.75, 3.05) is 0 Å². The van der Waals surface area contributed by atoms with Crippen LogP contribution >= 0.6 is 0 Å². The Kier molecular flexibility index (Phi) is 7.42. The smallest absolute Gasteiger partial charge is 0.160 e. The summed E-state index contributed by atoms with van der Waals surface area (Å²) in [4.78, 5) is 11.6. The molecule has 0 bridgehead atoms. The third-order valence-corrected chi connectivity index (χ3v) is 3.63. The summed E-state index contributed by atoms with van der Waals surface area (Å²) in [5, 5.41) is 9.27. The van der Waals surface area contributed by atoms with E-state index in [0.29, 0.717) is 12.3 Å². The van der Waals surface area contributed by atoms with Crippen LogP contribution in [0.2, 0.25) is 0 Å². The molecule has 1 aromatic rings. The number of aliphatic hydroxyl groups excluding tert-OH is 1. The maximum atomic E-state index is 11.6. The number of carbonyl (C=O) groups excluding carboxylic acids is 1. The van der Waals surface area contributed by atoms with E-state index in [1.165, 1.54) is 24.8 Å². The van der Waals surface area contributed by atoms with Gasteiger partial charge in [-0.1, -0.05) is 56.5 Å². The van der Waals surface area contributed by atoms with Gasteiger partial charge < -0.3 is 5.11 Å². The average molecular weight is 262 g/mol. The van der Waals surface area contributed by atoms with E-state index in [1.54, 1.807) is 6.92 Å². The van der Waals surface area contributed by atoms with Gasteiger partial charge in [-0.15, -0.1) is 0 Å². The molecule has 0 aliphatic rings. The maximum absolute atomic E-state index is 11.6. The molecule has 2 nitrogen and oxygen atoms in total. The molecular weight excluding hydrogens is 236 g/mol. The maximum Gasteiger partial charge on any atom is 0.160 e. The van der Waals surface area contributed by atoms with Crippen LogP contribution in [0.3, 0.4) is 0 Å². The molecule has 2 atom stereocenters. The molecule has 0 spiro atoms. The Morgan fingerprint density at radius 2 is 1.84 bits per heavy atom. The number of carbonyl (C=O) groups is 1. The second-order valence-electron chi connectivity index (χ2n) is 5.28. The van der Waals surface area contributed by atoms with Crippen molar-refractivity contribution in [1.82, 2.24) is 0 Å². The second-order valence-corrected chi connectivity index (χ2v) is 5.28. The van der Waals surface area contributed by atoms with Gasteiger partial charge in [0.05, 0.1) is 0 Å². The summed E-state index contributed by atoms with van der Waals surface area (Å²) < 4.78 is 0. The van der Waals surface area contributed by atoms with E-state index < -0.39 is 6.10 Å². The molecule has 1 N–H and O–H groups in total. The number of hydrogen-bond acceptors (Lipinski definition) is 2. The first-order chi connectivity index (χ1) is 9.15. The van der Waals surface area contributed by atoms with E-state index in [2.05, 4.69) is 31.2 Å². The first-order valence-electron chi connectivity index (χ1n) is 7.40. The van der Waals surface area contributed by atoms with Crippen LogP contribution in [0.1, 0.15) is 63.9 Å². The van der Waals surface area contributed by atoms with Crippen molar-refractivity contribution in [3.63, 3.8) is 0 Å². The highest BCUT2D eigenvalue weighted by molar-refractivity contribution is 5.82. The number of unbranched alkanes of at least 4 members (excludes halogenated alkanes) is 2. The van der Waals surface area contributed by atoms with E-state index in [0.717, 1.165) is 12.8 Å². The van der Waals surface area contributed by atoms with Gasteiger partial charge in [0.25, 0.3) is 0 Å². The lowest BCUT2D eigenvalue weighted by molar-refractivity contribution is -0.126. The first-order valence-corrected chi connectivity index (χ1v) is 7.40. The van der Waals surface area contributed by atoms with Crippen molar-refractivity contribution in [2.24, 2.45) is 0 Å². The topological polar surface area (TPSA) is 37.3 Å². The van der Waals surface area contributed by atoms with Gasteiger partial charge in [-0.3, -0.25) is 4.79 Å². The Morgan fingerprint density at radius 1 is 1.16 bits per heavy atom. The van der Waals surface area contributed by atoms with Crippen molar-refractivity contribution in [2.45, 2.75) is 64.4 Å². The van der Waals surface area contributed by atoms with Crippen LogP contribution in [0.5, 0.6) is 0 Å². The molecule has 19 heavy (non-hydrogen) atoms. The van der Waals surface area contributed by atoms with Crippen LogP contribution in [-0.2, 0) is 4.79 Å². The Balaban J connectivity index is 2.57. The van der Waals surface area contributed by atoms with Gasteiger partial charge in [-0.25, -0.2) is 0 Å². The molecular formula is C17H26O2. The van der Waals surface area contributed by atoms with E-state index in [-0.39, 0.29) is 5.78 Å². The monoisotopic (exact) mass is 262 g/mol. The molecule has 0 saturated heterocycles. The minimum Gasteiger partial charge on any atom is -0.386 e. The van der Waals surface area contributed by atoms with Crippen molar-refractivity contribution in [3.8, 4) is 0 Å². The van der Waals surface area contributed by atoms with Gasteiger partial charge in [0.1, 0.15) is 6.10 Å². The molecule has 0 fully saturated rings. The van der Waals surface area contributed by atoms with Gasteiger partial charge in [0.2, 0.25) is 0 Å². The van der Waals surface area contributed by atoms with E-state index >= 15 is 0 Å². The van der Waals surface area contributed by atoms with Crippen molar-refractivity contribution < 1.29 is 9.90 Å². The van der Waals surface area contributed by atoms with Crippen LogP contribution in [-0.4, -0.2) is 17.0 Å². The summed E-state index contributed by atoms with van der Waals surface area (Å²) in [6.07, 6.45) is 5.29. The van der Waals surface area contributed by atoms with Gasteiger partial charge in [0.15, 0.2) is 5.78 Å². The SMILES string of the molecule is CCCCCC(CCC(=O)C(C)O)c1ccccc1.